The fourth-order valence-electron chi connectivity index (χ4n) is 4.99. The van der Waals surface area contributed by atoms with Gasteiger partial charge in [-0.3, -0.25) is 9.69 Å². The smallest absolute Gasteiger partial charge is 0.226 e. The second-order valence-electron chi connectivity index (χ2n) is 8.38. The molecule has 8 heteroatoms. The van der Waals surface area contributed by atoms with Crippen LogP contribution in [0, 0.1) is 12.8 Å². The second-order valence-corrected chi connectivity index (χ2v) is 10.5. The molecule has 3 fully saturated rings. The Bertz CT molecular complexity index is 783. The van der Waals surface area contributed by atoms with Crippen LogP contribution in [0.4, 0.5) is 0 Å². The van der Waals surface area contributed by atoms with Gasteiger partial charge in [0.2, 0.25) is 5.91 Å². The third-order valence-corrected chi connectivity index (χ3v) is 8.26. The molecular formula is C19H30N4O3S. The van der Waals surface area contributed by atoms with Gasteiger partial charge in [0.25, 0.3) is 0 Å². The third-order valence-electron chi connectivity index (χ3n) is 6.57. The van der Waals surface area contributed by atoms with Gasteiger partial charge in [0.15, 0.2) is 9.84 Å². The second kappa shape index (κ2) is 7.54. The molecule has 1 aliphatic carbocycles. The summed E-state index contributed by atoms with van der Waals surface area (Å²) in [5.41, 5.74) is 1.98. The first kappa shape index (κ1) is 18.9. The van der Waals surface area contributed by atoms with E-state index in [1.807, 2.05) is 11.8 Å². The monoisotopic (exact) mass is 394 g/mol. The number of amides is 1. The Morgan fingerprint density at radius 3 is 2.52 bits per heavy atom. The molecule has 1 aromatic heterocycles. The summed E-state index contributed by atoms with van der Waals surface area (Å²) in [7, 11) is -3.12. The number of aryl methyl sites for hydroxylation is 1. The van der Waals surface area contributed by atoms with Crippen molar-refractivity contribution < 1.29 is 13.2 Å². The molecular weight excluding hydrogens is 364 g/mol. The van der Waals surface area contributed by atoms with Crippen molar-refractivity contribution in [2.45, 2.75) is 64.1 Å². The molecule has 1 saturated carbocycles. The van der Waals surface area contributed by atoms with Crippen molar-refractivity contribution in [2.75, 3.05) is 24.6 Å². The number of carbonyl (C=O) groups excluding carboxylic acids is 1. The van der Waals surface area contributed by atoms with E-state index in [0.29, 0.717) is 19.6 Å². The molecule has 2 aliphatic heterocycles. The van der Waals surface area contributed by atoms with Crippen LogP contribution in [0.25, 0.3) is 0 Å². The van der Waals surface area contributed by atoms with Gasteiger partial charge in [0.05, 0.1) is 29.6 Å². The quantitative estimate of drug-likeness (QED) is 0.785. The number of fused-ring (bicyclic) bond motifs is 1. The predicted octanol–water partition coefficient (Wildman–Crippen LogP) is 1.50. The van der Waals surface area contributed by atoms with Crippen LogP contribution in [0.3, 0.4) is 0 Å². The number of piperazine rings is 1. The van der Waals surface area contributed by atoms with Gasteiger partial charge < -0.3 is 9.88 Å². The topological polar surface area (TPSA) is 86.4 Å². The Kier molecular flexibility index (Phi) is 5.29. The Morgan fingerprint density at radius 1 is 1.15 bits per heavy atom. The van der Waals surface area contributed by atoms with E-state index >= 15 is 0 Å². The first-order valence-electron chi connectivity index (χ1n) is 10.2. The lowest BCUT2D eigenvalue weighted by atomic mass is 9.95. The van der Waals surface area contributed by atoms with E-state index in [1.165, 1.54) is 12.8 Å². The van der Waals surface area contributed by atoms with E-state index < -0.39 is 9.84 Å². The average Bonchev–Trinajstić information content (AvgIpc) is 3.04. The molecule has 27 heavy (non-hydrogen) atoms. The summed E-state index contributed by atoms with van der Waals surface area (Å²) >= 11 is 0. The molecule has 0 radical (unpaired) electrons. The lowest BCUT2D eigenvalue weighted by molar-refractivity contribution is -0.142. The zero-order valence-electron chi connectivity index (χ0n) is 16.1. The van der Waals surface area contributed by atoms with Crippen LogP contribution >= 0.6 is 0 Å². The minimum Gasteiger partial charge on any atom is -0.348 e. The van der Waals surface area contributed by atoms with E-state index in [1.54, 1.807) is 6.33 Å². The van der Waals surface area contributed by atoms with E-state index in [-0.39, 0.29) is 35.4 Å². The maximum atomic E-state index is 13.2. The number of H-pyrrole nitrogens is 1. The average molecular weight is 395 g/mol. The minimum absolute atomic E-state index is 0.0802. The summed E-state index contributed by atoms with van der Waals surface area (Å²) in [4.78, 5) is 24.8. The Morgan fingerprint density at radius 2 is 1.85 bits per heavy atom. The molecule has 0 unspecified atom stereocenters. The van der Waals surface area contributed by atoms with E-state index in [9.17, 15) is 13.2 Å². The number of hydrogen-bond acceptors (Lipinski definition) is 5. The molecule has 0 aromatic carbocycles. The summed E-state index contributed by atoms with van der Waals surface area (Å²) in [6.45, 7) is 3.95. The SMILES string of the molecule is Cc1[nH]cnc1CN1CCN(C(=O)C2CCCCCC2)[C@H]2CS(=O)(=O)C[C@H]21. The molecule has 0 bridgehead atoms. The van der Waals surface area contributed by atoms with Crippen molar-refractivity contribution in [3.63, 3.8) is 0 Å². The maximum Gasteiger partial charge on any atom is 0.226 e. The number of sulfone groups is 1. The molecule has 4 rings (SSSR count). The van der Waals surface area contributed by atoms with Gasteiger partial charge in [-0.2, -0.15) is 0 Å². The molecule has 7 nitrogen and oxygen atoms in total. The lowest BCUT2D eigenvalue weighted by Crippen LogP contribution is -2.61. The van der Waals surface area contributed by atoms with Gasteiger partial charge >= 0.3 is 0 Å². The zero-order valence-corrected chi connectivity index (χ0v) is 16.9. The fraction of sp³-hybridized carbons (Fsp3) is 0.789. The fourth-order valence-corrected chi connectivity index (χ4v) is 7.01. The summed E-state index contributed by atoms with van der Waals surface area (Å²) < 4.78 is 24.8. The Labute approximate surface area is 161 Å². The first-order valence-corrected chi connectivity index (χ1v) is 12.0. The van der Waals surface area contributed by atoms with Crippen molar-refractivity contribution in [2.24, 2.45) is 5.92 Å². The summed E-state index contributed by atoms with van der Waals surface area (Å²) in [6, 6.07) is -0.326. The van der Waals surface area contributed by atoms with Crippen molar-refractivity contribution in [1.82, 2.24) is 19.8 Å². The Balaban J connectivity index is 1.53. The number of aromatic nitrogens is 2. The van der Waals surface area contributed by atoms with Crippen LogP contribution < -0.4 is 0 Å². The van der Waals surface area contributed by atoms with Crippen molar-refractivity contribution in [3.8, 4) is 0 Å². The zero-order chi connectivity index (χ0) is 19.0. The van der Waals surface area contributed by atoms with Crippen molar-refractivity contribution in [1.29, 1.82) is 0 Å². The highest BCUT2D eigenvalue weighted by Gasteiger charge is 2.48. The highest BCUT2D eigenvalue weighted by molar-refractivity contribution is 7.91. The molecule has 1 amide bonds. The van der Waals surface area contributed by atoms with E-state index in [2.05, 4.69) is 14.9 Å². The third kappa shape index (κ3) is 3.92. The number of imidazole rings is 1. The molecule has 1 N–H and O–H groups in total. The van der Waals surface area contributed by atoms with Crippen LogP contribution in [0.1, 0.15) is 49.9 Å². The van der Waals surface area contributed by atoms with Crippen LogP contribution in [-0.4, -0.2) is 70.8 Å². The van der Waals surface area contributed by atoms with Crippen molar-refractivity contribution in [3.05, 3.63) is 17.7 Å². The minimum atomic E-state index is -3.12. The van der Waals surface area contributed by atoms with Gasteiger partial charge in [-0.15, -0.1) is 0 Å². The van der Waals surface area contributed by atoms with Gasteiger partial charge in [0.1, 0.15) is 0 Å². The molecule has 150 valence electrons. The normalized spacial score (nSPS) is 29.4. The lowest BCUT2D eigenvalue weighted by Gasteiger charge is -2.44. The van der Waals surface area contributed by atoms with E-state index in [4.69, 9.17) is 0 Å². The molecule has 3 heterocycles. The maximum absolute atomic E-state index is 13.2. The molecule has 1 aromatic rings. The van der Waals surface area contributed by atoms with Crippen LogP contribution in [0.15, 0.2) is 6.33 Å². The molecule has 2 saturated heterocycles. The summed E-state index contributed by atoms with van der Waals surface area (Å²) in [5, 5.41) is 0. The number of carbonyl (C=O) groups is 1. The number of aromatic amines is 1. The van der Waals surface area contributed by atoms with E-state index in [0.717, 1.165) is 37.1 Å². The largest absolute Gasteiger partial charge is 0.348 e. The molecule has 0 spiro atoms. The molecule has 2 atom stereocenters. The van der Waals surface area contributed by atoms with Crippen LogP contribution in [-0.2, 0) is 21.2 Å². The molecule has 3 aliphatic rings. The predicted molar refractivity (Wildman–Crippen MR) is 103 cm³/mol. The first-order chi connectivity index (χ1) is 12.9. The number of nitrogens with zero attached hydrogens (tertiary/aromatic N) is 3. The van der Waals surface area contributed by atoms with Crippen LogP contribution in [0.5, 0.6) is 0 Å². The van der Waals surface area contributed by atoms with Crippen LogP contribution in [0.2, 0.25) is 0 Å². The summed E-state index contributed by atoms with van der Waals surface area (Å²) in [5.74, 6) is 0.526. The highest BCUT2D eigenvalue weighted by Crippen LogP contribution is 2.32. The van der Waals surface area contributed by atoms with Crippen molar-refractivity contribution >= 4 is 15.7 Å². The Hall–Kier alpha value is -1.41. The number of rotatable bonds is 3. The van der Waals surface area contributed by atoms with Gasteiger partial charge in [0, 0.05) is 37.3 Å². The van der Waals surface area contributed by atoms with Gasteiger partial charge in [-0.1, -0.05) is 25.7 Å². The number of hydrogen-bond donors (Lipinski definition) is 1. The van der Waals surface area contributed by atoms with Gasteiger partial charge in [-0.25, -0.2) is 13.4 Å². The standard InChI is InChI=1S/C19H30N4O3S/c1-14-16(21-13-20-14)10-22-8-9-23(18-12-27(25,26)11-17(18)22)19(24)15-6-4-2-3-5-7-15/h13,15,17-18H,2-12H2,1H3,(H,20,21)/t17-,18+/m1/s1. The number of nitrogens with one attached hydrogen (secondary N) is 1. The summed E-state index contributed by atoms with van der Waals surface area (Å²) in [6.07, 6.45) is 8.23. The van der Waals surface area contributed by atoms with Gasteiger partial charge in [-0.05, 0) is 19.8 Å². The highest BCUT2D eigenvalue weighted by atomic mass is 32.2.